The molecule has 1 saturated heterocycles. The minimum absolute atomic E-state index is 0.181. The first-order valence-electron chi connectivity index (χ1n) is 6.90. The van der Waals surface area contributed by atoms with Gasteiger partial charge in [-0.05, 0) is 24.1 Å². The Morgan fingerprint density at radius 1 is 1.52 bits per heavy atom. The van der Waals surface area contributed by atoms with Crippen LogP contribution in [0.5, 0.6) is 5.75 Å². The minimum Gasteiger partial charge on any atom is -0.497 e. The number of primary amides is 1. The van der Waals surface area contributed by atoms with Crippen LogP contribution in [0.15, 0.2) is 24.3 Å². The molecule has 6 heteroatoms. The second-order valence-electron chi connectivity index (χ2n) is 5.08. The lowest BCUT2D eigenvalue weighted by atomic mass is 10.0. The molecule has 2 amide bonds. The van der Waals surface area contributed by atoms with Gasteiger partial charge in [-0.15, -0.1) is 0 Å². The van der Waals surface area contributed by atoms with Gasteiger partial charge < -0.3 is 20.5 Å². The number of hydrogen-bond donors (Lipinski definition) is 2. The van der Waals surface area contributed by atoms with Crippen LogP contribution < -0.4 is 15.8 Å². The average Bonchev–Trinajstić information content (AvgIpc) is 3.01. The van der Waals surface area contributed by atoms with E-state index >= 15 is 0 Å². The third kappa shape index (κ3) is 4.19. The van der Waals surface area contributed by atoms with E-state index in [9.17, 15) is 9.59 Å². The molecule has 0 saturated carbocycles. The predicted molar refractivity (Wildman–Crippen MR) is 76.7 cm³/mol. The van der Waals surface area contributed by atoms with Gasteiger partial charge in [0.05, 0.1) is 19.6 Å². The molecule has 0 unspecified atom stereocenters. The molecule has 0 spiro atoms. The number of hydrogen-bond acceptors (Lipinski definition) is 4. The van der Waals surface area contributed by atoms with E-state index in [0.717, 1.165) is 5.56 Å². The van der Waals surface area contributed by atoms with Crippen LogP contribution in [0, 0.1) is 5.92 Å². The van der Waals surface area contributed by atoms with E-state index < -0.39 is 11.9 Å². The van der Waals surface area contributed by atoms with Gasteiger partial charge in [-0.1, -0.05) is 12.1 Å². The maximum atomic E-state index is 12.0. The summed E-state index contributed by atoms with van der Waals surface area (Å²) in [5.41, 5.74) is 6.26. The number of methoxy groups -OCH3 is 1. The van der Waals surface area contributed by atoms with E-state index in [1.807, 2.05) is 24.3 Å². The molecular weight excluding hydrogens is 272 g/mol. The molecule has 1 aliphatic rings. The quantitative estimate of drug-likeness (QED) is 0.786. The van der Waals surface area contributed by atoms with Crippen molar-refractivity contribution < 1.29 is 19.1 Å². The summed E-state index contributed by atoms with van der Waals surface area (Å²) in [6, 6.07) is 6.60. The Balaban J connectivity index is 2.01. The van der Waals surface area contributed by atoms with Crippen molar-refractivity contribution in [3.63, 3.8) is 0 Å². The van der Waals surface area contributed by atoms with Gasteiger partial charge in [0.2, 0.25) is 11.8 Å². The molecule has 0 bridgehead atoms. The van der Waals surface area contributed by atoms with E-state index in [1.165, 1.54) is 0 Å². The van der Waals surface area contributed by atoms with Gasteiger partial charge in [-0.2, -0.15) is 0 Å². The topological polar surface area (TPSA) is 90.7 Å². The number of nitrogens with two attached hydrogens (primary N) is 1. The van der Waals surface area contributed by atoms with Crippen molar-refractivity contribution >= 4 is 11.8 Å². The Labute approximate surface area is 123 Å². The van der Waals surface area contributed by atoms with Gasteiger partial charge >= 0.3 is 0 Å². The molecule has 114 valence electrons. The Morgan fingerprint density at radius 2 is 2.33 bits per heavy atom. The molecule has 0 aliphatic carbocycles. The highest BCUT2D eigenvalue weighted by atomic mass is 16.5. The largest absolute Gasteiger partial charge is 0.497 e. The molecule has 1 aliphatic heterocycles. The van der Waals surface area contributed by atoms with E-state index in [-0.39, 0.29) is 11.8 Å². The first kappa shape index (κ1) is 15.3. The number of ether oxygens (including phenoxy) is 2. The molecule has 0 radical (unpaired) electrons. The SMILES string of the molecule is COc1cccc(C[C@H](NC(=O)[C@@H]2CCOC2)C(N)=O)c1. The van der Waals surface area contributed by atoms with Crippen LogP contribution >= 0.6 is 0 Å². The predicted octanol–water partition coefficient (Wildman–Crippen LogP) is 0.244. The third-order valence-electron chi connectivity index (χ3n) is 3.53. The van der Waals surface area contributed by atoms with Crippen molar-refractivity contribution in [1.29, 1.82) is 0 Å². The average molecular weight is 292 g/mol. The van der Waals surface area contributed by atoms with Crippen LogP contribution in [-0.4, -0.2) is 38.2 Å². The number of amides is 2. The summed E-state index contributed by atoms with van der Waals surface area (Å²) in [4.78, 5) is 23.6. The number of nitrogens with one attached hydrogen (secondary N) is 1. The zero-order valence-corrected chi connectivity index (χ0v) is 12.0. The zero-order chi connectivity index (χ0) is 15.2. The fourth-order valence-corrected chi connectivity index (χ4v) is 2.29. The number of benzene rings is 1. The lowest BCUT2D eigenvalue weighted by Gasteiger charge is -2.18. The normalized spacial score (nSPS) is 19.0. The van der Waals surface area contributed by atoms with Crippen molar-refractivity contribution in [3.05, 3.63) is 29.8 Å². The lowest BCUT2D eigenvalue weighted by molar-refractivity contribution is -0.129. The van der Waals surface area contributed by atoms with Gasteiger partial charge in [-0.3, -0.25) is 9.59 Å². The molecule has 1 aromatic rings. The molecule has 1 heterocycles. The summed E-state index contributed by atoms with van der Waals surface area (Å²) in [5, 5.41) is 2.71. The minimum atomic E-state index is -0.731. The Bertz CT molecular complexity index is 512. The van der Waals surface area contributed by atoms with E-state index in [4.69, 9.17) is 15.2 Å². The van der Waals surface area contributed by atoms with Gasteiger partial charge in [0.1, 0.15) is 11.8 Å². The number of carbonyl (C=O) groups excluding carboxylic acids is 2. The van der Waals surface area contributed by atoms with Crippen molar-refractivity contribution in [1.82, 2.24) is 5.32 Å². The lowest BCUT2D eigenvalue weighted by Crippen LogP contribution is -2.48. The number of rotatable bonds is 6. The molecule has 1 aromatic carbocycles. The van der Waals surface area contributed by atoms with Crippen LogP contribution in [0.1, 0.15) is 12.0 Å². The highest BCUT2D eigenvalue weighted by Crippen LogP contribution is 2.15. The summed E-state index contributed by atoms with van der Waals surface area (Å²) in [6.07, 6.45) is 1.02. The van der Waals surface area contributed by atoms with Crippen molar-refractivity contribution in [2.45, 2.75) is 18.9 Å². The smallest absolute Gasteiger partial charge is 0.240 e. The summed E-state index contributed by atoms with van der Waals surface area (Å²) in [7, 11) is 1.58. The van der Waals surface area contributed by atoms with E-state index in [2.05, 4.69) is 5.32 Å². The Hall–Kier alpha value is -2.08. The first-order chi connectivity index (χ1) is 10.1. The summed E-state index contributed by atoms with van der Waals surface area (Å²) in [6.45, 7) is 0.978. The maximum absolute atomic E-state index is 12.0. The molecule has 2 rings (SSSR count). The highest BCUT2D eigenvalue weighted by molar-refractivity contribution is 5.87. The van der Waals surface area contributed by atoms with Crippen LogP contribution in [0.2, 0.25) is 0 Å². The first-order valence-corrected chi connectivity index (χ1v) is 6.90. The van der Waals surface area contributed by atoms with Gasteiger partial charge in [0.25, 0.3) is 0 Å². The fraction of sp³-hybridized carbons (Fsp3) is 0.467. The van der Waals surface area contributed by atoms with Crippen LogP contribution in [0.3, 0.4) is 0 Å². The molecule has 21 heavy (non-hydrogen) atoms. The molecule has 1 fully saturated rings. The summed E-state index contributed by atoms with van der Waals surface area (Å²) < 4.78 is 10.3. The van der Waals surface area contributed by atoms with Crippen LogP contribution in [-0.2, 0) is 20.7 Å². The maximum Gasteiger partial charge on any atom is 0.240 e. The molecular formula is C15H20N2O4. The van der Waals surface area contributed by atoms with Gasteiger partial charge in [0.15, 0.2) is 0 Å². The summed E-state index contributed by atoms with van der Waals surface area (Å²) in [5.74, 6) is -0.229. The fourth-order valence-electron chi connectivity index (χ4n) is 2.29. The van der Waals surface area contributed by atoms with E-state index in [1.54, 1.807) is 7.11 Å². The van der Waals surface area contributed by atoms with Gasteiger partial charge in [-0.25, -0.2) is 0 Å². The standard InChI is InChI=1S/C15H20N2O4/c1-20-12-4-2-3-10(7-12)8-13(14(16)18)17-15(19)11-5-6-21-9-11/h2-4,7,11,13H,5-6,8-9H2,1H3,(H2,16,18)(H,17,19)/t11-,13+/m1/s1. The second kappa shape index (κ2) is 7.08. The van der Waals surface area contributed by atoms with E-state index in [0.29, 0.717) is 31.8 Å². The Morgan fingerprint density at radius 3 is 2.95 bits per heavy atom. The monoisotopic (exact) mass is 292 g/mol. The van der Waals surface area contributed by atoms with Crippen LogP contribution in [0.25, 0.3) is 0 Å². The van der Waals surface area contributed by atoms with Crippen molar-refractivity contribution in [3.8, 4) is 5.75 Å². The number of carbonyl (C=O) groups is 2. The van der Waals surface area contributed by atoms with Crippen LogP contribution in [0.4, 0.5) is 0 Å². The molecule has 0 aromatic heterocycles. The Kier molecular flexibility index (Phi) is 5.16. The summed E-state index contributed by atoms with van der Waals surface area (Å²) >= 11 is 0. The van der Waals surface area contributed by atoms with Crippen molar-refractivity contribution in [2.24, 2.45) is 11.7 Å². The highest BCUT2D eigenvalue weighted by Gasteiger charge is 2.27. The van der Waals surface area contributed by atoms with Crippen molar-refractivity contribution in [2.75, 3.05) is 20.3 Å². The molecule has 2 atom stereocenters. The molecule has 6 nitrogen and oxygen atoms in total. The van der Waals surface area contributed by atoms with Gasteiger partial charge in [0, 0.05) is 13.0 Å². The molecule has 3 N–H and O–H groups in total. The second-order valence-corrected chi connectivity index (χ2v) is 5.08. The zero-order valence-electron chi connectivity index (χ0n) is 12.0. The third-order valence-corrected chi connectivity index (χ3v) is 3.53.